The summed E-state index contributed by atoms with van der Waals surface area (Å²) in [6, 6.07) is 11.4. The van der Waals surface area contributed by atoms with Gasteiger partial charge < -0.3 is 14.4 Å². The number of imidazole rings is 1. The Morgan fingerprint density at radius 3 is 2.61 bits per heavy atom. The van der Waals surface area contributed by atoms with Gasteiger partial charge in [-0.1, -0.05) is 30.3 Å². The highest BCUT2D eigenvalue weighted by Crippen LogP contribution is 2.45. The summed E-state index contributed by atoms with van der Waals surface area (Å²) in [6.45, 7) is 6.10. The van der Waals surface area contributed by atoms with E-state index in [4.69, 9.17) is 4.74 Å². The van der Waals surface area contributed by atoms with Crippen molar-refractivity contribution in [3.05, 3.63) is 54.1 Å². The molecular formula is C23H29N3O2. The lowest BCUT2D eigenvalue weighted by Gasteiger charge is -2.42. The Morgan fingerprint density at radius 2 is 1.93 bits per heavy atom. The number of benzene rings is 1. The molecule has 2 saturated heterocycles. The molecule has 5 nitrogen and oxygen atoms in total. The van der Waals surface area contributed by atoms with Crippen LogP contribution in [0.15, 0.2) is 42.9 Å². The van der Waals surface area contributed by atoms with Crippen molar-refractivity contribution in [3.63, 3.8) is 0 Å². The van der Waals surface area contributed by atoms with Crippen LogP contribution >= 0.6 is 0 Å². The normalized spacial score (nSPS) is 25.0. The van der Waals surface area contributed by atoms with E-state index in [-0.39, 0.29) is 12.1 Å². The van der Waals surface area contributed by atoms with E-state index in [0.717, 1.165) is 45.6 Å². The van der Waals surface area contributed by atoms with Gasteiger partial charge in [0, 0.05) is 0 Å². The molecule has 0 bridgehead atoms. The van der Waals surface area contributed by atoms with Gasteiger partial charge >= 0.3 is 0 Å². The Kier molecular flexibility index (Phi) is 4.83. The van der Waals surface area contributed by atoms with Crippen LogP contribution in [-0.2, 0) is 4.74 Å². The maximum absolute atomic E-state index is 11.1. The third-order valence-corrected chi connectivity index (χ3v) is 6.93. The summed E-state index contributed by atoms with van der Waals surface area (Å²) in [5, 5.41) is 11.1. The minimum Gasteiger partial charge on any atom is -0.393 e. The second-order valence-electron chi connectivity index (χ2n) is 8.47. The van der Waals surface area contributed by atoms with Crippen LogP contribution in [0, 0.1) is 5.92 Å². The molecule has 0 aliphatic carbocycles. The zero-order chi connectivity index (χ0) is 19.1. The van der Waals surface area contributed by atoms with Gasteiger partial charge in [0.25, 0.3) is 0 Å². The summed E-state index contributed by atoms with van der Waals surface area (Å²) in [5.41, 5.74) is 5.04. The predicted octanol–water partition coefficient (Wildman–Crippen LogP) is 3.23. The molecule has 4 heterocycles. The van der Waals surface area contributed by atoms with Gasteiger partial charge in [-0.05, 0) is 61.9 Å². The second-order valence-corrected chi connectivity index (χ2v) is 8.47. The van der Waals surface area contributed by atoms with Gasteiger partial charge in [-0.15, -0.1) is 0 Å². The van der Waals surface area contributed by atoms with Crippen LogP contribution in [0.2, 0.25) is 0 Å². The monoisotopic (exact) mass is 379 g/mol. The van der Waals surface area contributed by atoms with Crippen molar-refractivity contribution in [3.8, 4) is 0 Å². The van der Waals surface area contributed by atoms with Crippen molar-refractivity contribution >= 4 is 11.1 Å². The van der Waals surface area contributed by atoms with E-state index in [2.05, 4.69) is 51.7 Å². The van der Waals surface area contributed by atoms with Crippen molar-refractivity contribution in [1.82, 2.24) is 14.5 Å². The van der Waals surface area contributed by atoms with Gasteiger partial charge in [0.1, 0.15) is 0 Å². The summed E-state index contributed by atoms with van der Waals surface area (Å²) in [6.07, 6.45) is 6.48. The summed E-state index contributed by atoms with van der Waals surface area (Å²) in [5.74, 6) is 0.377. The second kappa shape index (κ2) is 7.47. The first-order chi connectivity index (χ1) is 13.7. The van der Waals surface area contributed by atoms with E-state index >= 15 is 0 Å². The first-order valence-electron chi connectivity index (χ1n) is 10.5. The predicted molar refractivity (Wildman–Crippen MR) is 110 cm³/mol. The van der Waals surface area contributed by atoms with Crippen LogP contribution in [0.5, 0.6) is 0 Å². The number of hydrogen-bond acceptors (Lipinski definition) is 4. The molecule has 3 aliphatic heterocycles. The number of fused-ring (bicyclic) bond motifs is 1. The molecule has 2 aromatic rings. The molecular weight excluding hydrogens is 350 g/mol. The van der Waals surface area contributed by atoms with Gasteiger partial charge in [0.15, 0.2) is 0 Å². The van der Waals surface area contributed by atoms with Crippen molar-refractivity contribution < 1.29 is 9.84 Å². The minimum absolute atomic E-state index is 0.160. The van der Waals surface area contributed by atoms with Crippen LogP contribution in [-0.4, -0.2) is 58.0 Å². The number of allylic oxidation sites excluding steroid dienone is 2. The zero-order valence-electron chi connectivity index (χ0n) is 16.5. The van der Waals surface area contributed by atoms with Crippen molar-refractivity contribution in [2.75, 3.05) is 26.3 Å². The Balaban J connectivity index is 1.32. The smallest absolute Gasteiger partial charge is 0.0956 e. The van der Waals surface area contributed by atoms with Gasteiger partial charge in [-0.25, -0.2) is 4.98 Å². The molecule has 5 rings (SSSR count). The molecule has 28 heavy (non-hydrogen) atoms. The molecule has 2 atom stereocenters. The average Bonchev–Trinajstić information content (AvgIpc) is 3.25. The number of likely N-dealkylation sites (tertiary alicyclic amines) is 1. The molecule has 0 radical (unpaired) electrons. The Bertz CT molecular complexity index is 848. The number of aliphatic hydroxyl groups is 1. The number of ether oxygens (including phenoxy) is 1. The molecule has 1 aromatic carbocycles. The van der Waals surface area contributed by atoms with Crippen LogP contribution in [0.1, 0.15) is 43.5 Å². The fraction of sp³-hybridized carbons (Fsp3) is 0.522. The molecule has 1 aromatic heterocycles. The van der Waals surface area contributed by atoms with Crippen molar-refractivity contribution in [2.45, 2.75) is 44.4 Å². The largest absolute Gasteiger partial charge is 0.393 e. The summed E-state index contributed by atoms with van der Waals surface area (Å²) < 4.78 is 7.59. The molecule has 2 unspecified atom stereocenters. The zero-order valence-corrected chi connectivity index (χ0v) is 16.5. The molecule has 0 spiro atoms. The molecule has 2 fully saturated rings. The van der Waals surface area contributed by atoms with Gasteiger partial charge in [0.05, 0.1) is 49.6 Å². The van der Waals surface area contributed by atoms with E-state index in [1.807, 2.05) is 12.5 Å². The number of nitrogens with zero attached hydrogens (tertiary/aromatic N) is 3. The molecule has 1 N–H and O–H groups in total. The Morgan fingerprint density at radius 1 is 1.18 bits per heavy atom. The minimum atomic E-state index is -0.287. The van der Waals surface area contributed by atoms with Gasteiger partial charge in [0.2, 0.25) is 0 Å². The topological polar surface area (TPSA) is 50.5 Å². The number of hydrogen-bond donors (Lipinski definition) is 1. The van der Waals surface area contributed by atoms with E-state index in [1.54, 1.807) is 0 Å². The third-order valence-electron chi connectivity index (χ3n) is 6.93. The molecule has 148 valence electrons. The maximum atomic E-state index is 11.1. The summed E-state index contributed by atoms with van der Waals surface area (Å²) in [7, 11) is 0. The fourth-order valence-electron chi connectivity index (χ4n) is 5.15. The van der Waals surface area contributed by atoms with Crippen LogP contribution in [0.4, 0.5) is 0 Å². The van der Waals surface area contributed by atoms with Crippen LogP contribution in [0.25, 0.3) is 11.1 Å². The molecule has 0 amide bonds. The highest BCUT2D eigenvalue weighted by Gasteiger charge is 2.36. The summed E-state index contributed by atoms with van der Waals surface area (Å²) >= 11 is 0. The van der Waals surface area contributed by atoms with E-state index in [9.17, 15) is 5.11 Å². The third kappa shape index (κ3) is 3.11. The van der Waals surface area contributed by atoms with Crippen LogP contribution in [0.3, 0.4) is 0 Å². The average molecular weight is 380 g/mol. The van der Waals surface area contributed by atoms with Gasteiger partial charge in [-0.3, -0.25) is 4.90 Å². The lowest BCUT2D eigenvalue weighted by molar-refractivity contribution is -0.0797. The van der Waals surface area contributed by atoms with Crippen molar-refractivity contribution in [2.24, 2.45) is 5.92 Å². The van der Waals surface area contributed by atoms with Gasteiger partial charge in [-0.2, -0.15) is 0 Å². The fourth-order valence-corrected chi connectivity index (χ4v) is 5.15. The van der Waals surface area contributed by atoms with E-state index < -0.39 is 0 Å². The summed E-state index contributed by atoms with van der Waals surface area (Å²) in [4.78, 5) is 6.90. The molecule has 0 saturated carbocycles. The van der Waals surface area contributed by atoms with E-state index in [1.165, 1.54) is 22.4 Å². The first kappa shape index (κ1) is 18.1. The lowest BCUT2D eigenvalue weighted by atomic mass is 9.84. The highest BCUT2D eigenvalue weighted by atomic mass is 16.5. The SMILES string of the molecule is CC1=C(c2ccccc2)C(CC(O)C2CCN(C3COC3)CC2)n2cncc21. The standard InChI is InChI=1S/C23H29N3O2/c1-16-21-12-24-15-26(21)20(23(16)18-5-3-2-4-6-18)11-22(27)17-7-9-25(10-8-17)19-13-28-14-19/h2-6,12,15,17,19-20,22,27H,7-11,13-14H2,1H3. The Labute approximate surface area is 166 Å². The number of aliphatic hydroxyl groups excluding tert-OH is 1. The molecule has 3 aliphatic rings. The first-order valence-corrected chi connectivity index (χ1v) is 10.5. The van der Waals surface area contributed by atoms with Crippen molar-refractivity contribution in [1.29, 1.82) is 0 Å². The molecule has 5 heteroatoms. The number of piperidine rings is 1. The van der Waals surface area contributed by atoms with E-state index in [0.29, 0.717) is 12.0 Å². The highest BCUT2D eigenvalue weighted by molar-refractivity contribution is 5.93. The van der Waals surface area contributed by atoms with Crippen LogP contribution < -0.4 is 0 Å². The number of aromatic nitrogens is 2. The maximum Gasteiger partial charge on any atom is 0.0956 e. The quantitative estimate of drug-likeness (QED) is 0.867. The Hall–Kier alpha value is -1.95. The number of rotatable bonds is 5. The lowest BCUT2D eigenvalue weighted by Crippen LogP contribution is -2.52.